The monoisotopic (exact) mass is 2050 g/mol. The average Bonchev–Trinajstić information content (AvgIpc) is 1.58. The zero-order valence-corrected chi connectivity index (χ0v) is 86.3. The molecule has 6 aromatic rings. The number of nitro benzene ring substituents is 1. The van der Waals surface area contributed by atoms with Crippen LogP contribution in [-0.2, 0) is 90.6 Å². The number of nitrogens with zero attached hydrogens (tertiary/aromatic N) is 3. The Labute approximate surface area is 859 Å². The molecule has 1 aromatic heterocycles. The Morgan fingerprint density at radius 3 is 1.05 bits per heavy atom. The summed E-state index contributed by atoms with van der Waals surface area (Å²) < 4.78 is 83.5. The number of hydrogen-bond donors (Lipinski definition) is 0. The van der Waals surface area contributed by atoms with E-state index in [0.717, 1.165) is 166 Å². The minimum Gasteiger partial charge on any atom is -0.497 e. The molecule has 4 saturated carbocycles. The molecule has 0 saturated heterocycles. The smallest absolute Gasteiger partial charge is 0.338 e. The highest BCUT2D eigenvalue weighted by Gasteiger charge is 2.46. The molecule has 0 bridgehead atoms. The molecule has 2 amide bonds. The van der Waals surface area contributed by atoms with Gasteiger partial charge in [-0.25, -0.2) is 38.7 Å². The van der Waals surface area contributed by atoms with Crippen LogP contribution in [0.2, 0.25) is 0 Å². The maximum Gasteiger partial charge on any atom is 0.338 e. The van der Waals surface area contributed by atoms with Crippen molar-refractivity contribution in [3.63, 3.8) is 0 Å². The lowest BCUT2D eigenvalue weighted by Crippen LogP contribution is -2.30. The van der Waals surface area contributed by atoms with E-state index in [2.05, 4.69) is 37.9 Å². The molecular formula is C111H145N3O31S. The number of ketones is 2. The number of nitro groups is 1. The predicted octanol–water partition coefficient (Wildman–Crippen LogP) is 20.8. The molecule has 0 spiro atoms. The maximum atomic E-state index is 14.0. The fraction of sp³-hybridized carbons (Fsp3) is 0.514. The van der Waals surface area contributed by atoms with Crippen LogP contribution in [0.25, 0.3) is 10.2 Å². The second-order valence-corrected chi connectivity index (χ2v) is 36.3. The normalized spacial score (nSPS) is 17.3. The first-order valence-electron chi connectivity index (χ1n) is 50.1. The van der Waals surface area contributed by atoms with Crippen LogP contribution in [0, 0.1) is 45.6 Å². The standard InChI is InChI=1S/C33H31N3O10S.C17H22O5.C16H22O4.C16H28O3.C15H24O5.C14H18O4/c1-16(37)18-3-7-20(8-4-18)31(41)45-24-13-14-25(46-32(42)21-9-5-19(6-10-21)17(2)38)28-27(24)29(39)35(30(28)40)33-34-23-12-11-22(36(43)44)15-26(23)47-33;1-3-16(18)21-12-6-4-5-7-13-22-17(19)14-8-10-15(20-2)11-9-14;1-3-16(17)20-13-7-5-4-6-12-19-15-10-8-14(18-2)9-11-15;1-3-16(17)19-13-7-5-4-6-8-14-9-11-15(18-2)12-10-14;1-3-14(16)19-10-4-5-11-20-15(17)12-6-8-13(18-2)9-7-12;1-3-14(15)18-11-5-4-10-17-13-8-6-12(16-2)7-9-13/h11-15,18-21H,3-10H2,1-2H3;3,8-11H,1,4-7,12-13H2,2H3;3,8-11H,1,4-7,12-13H2,2H3;3,14-15H,1,4-13H2,2H3;3,12-13H,1,4-11H2,2H3;3,6-9H,1,4-5,10-11H2,2H3. The third-order valence-electron chi connectivity index (χ3n) is 25.1. The fourth-order valence-electron chi connectivity index (χ4n) is 16.4. The molecule has 796 valence electrons. The molecule has 0 atom stereocenters. The van der Waals surface area contributed by atoms with Crippen molar-refractivity contribution in [3.05, 3.63) is 193 Å². The first-order chi connectivity index (χ1) is 70.5. The number of carbonyl (C=O) groups is 13. The van der Waals surface area contributed by atoms with Gasteiger partial charge in [-0.15, -0.1) is 0 Å². The number of rotatable bonds is 53. The van der Waals surface area contributed by atoms with Crippen molar-refractivity contribution in [2.45, 2.75) is 238 Å². The average molecular weight is 2050 g/mol. The van der Waals surface area contributed by atoms with E-state index < -0.39 is 52.5 Å². The summed E-state index contributed by atoms with van der Waals surface area (Å²) in [5.41, 5.74) is 0.117. The molecule has 1 aliphatic heterocycles. The fourth-order valence-corrected chi connectivity index (χ4v) is 17.4. The molecule has 34 nitrogen and oxygen atoms in total. The summed E-state index contributed by atoms with van der Waals surface area (Å²) in [5, 5.41) is 11.2. The van der Waals surface area contributed by atoms with Gasteiger partial charge in [0.1, 0.15) is 51.8 Å². The van der Waals surface area contributed by atoms with Crippen LogP contribution in [0.3, 0.4) is 0 Å². The molecule has 4 fully saturated rings. The summed E-state index contributed by atoms with van der Waals surface area (Å²) in [6.07, 6.45) is 35.6. The van der Waals surface area contributed by atoms with E-state index in [0.29, 0.717) is 157 Å². The van der Waals surface area contributed by atoms with Crippen LogP contribution < -0.4 is 38.1 Å². The number of amides is 2. The molecule has 2 heterocycles. The number of esters is 9. The predicted molar refractivity (Wildman–Crippen MR) is 548 cm³/mol. The molecule has 0 unspecified atom stereocenters. The van der Waals surface area contributed by atoms with Crippen molar-refractivity contribution in [1.29, 1.82) is 0 Å². The van der Waals surface area contributed by atoms with Gasteiger partial charge < -0.3 is 75.8 Å². The highest BCUT2D eigenvalue weighted by Crippen LogP contribution is 2.44. The Bertz CT molecular complexity index is 5050. The third-order valence-corrected chi connectivity index (χ3v) is 26.1. The molecule has 5 aliphatic rings. The Morgan fingerprint density at radius 2 is 0.692 bits per heavy atom. The lowest BCUT2D eigenvalue weighted by atomic mass is 9.80. The van der Waals surface area contributed by atoms with Gasteiger partial charge in [0.15, 0.2) is 0 Å². The zero-order valence-electron chi connectivity index (χ0n) is 85.5. The van der Waals surface area contributed by atoms with E-state index in [1.54, 1.807) is 52.7 Å². The van der Waals surface area contributed by atoms with E-state index >= 15 is 0 Å². The third kappa shape index (κ3) is 45.2. The number of fused-ring (bicyclic) bond motifs is 2. The molecule has 5 aromatic carbocycles. The molecular weight excluding hydrogens is 1900 g/mol. The molecule has 35 heteroatoms. The van der Waals surface area contributed by atoms with Gasteiger partial charge >= 0.3 is 53.7 Å². The van der Waals surface area contributed by atoms with Crippen molar-refractivity contribution < 1.29 is 143 Å². The lowest BCUT2D eigenvalue weighted by Gasteiger charge is -2.27. The minimum absolute atomic E-state index is 0.0139. The Morgan fingerprint density at radius 1 is 0.377 bits per heavy atom. The van der Waals surface area contributed by atoms with Crippen LogP contribution in [0.15, 0.2) is 166 Å². The highest BCUT2D eigenvalue weighted by molar-refractivity contribution is 7.22. The topological polar surface area (TPSA) is 429 Å². The summed E-state index contributed by atoms with van der Waals surface area (Å²) in [6.45, 7) is 23.9. The SMILES string of the molecule is C=CC(=O)OCCCCCCC1CCC(OC)CC1.C=CC(=O)OCCCCCCOC(=O)c1ccc(OC)cc1.C=CC(=O)OCCCCCCOc1ccc(OC)cc1.C=CC(=O)OCCCCOC(=O)C1CCC(OC)CC1.C=CC(=O)OCCCCOc1ccc(OC)cc1.CC(=O)C1CCC(C(=O)Oc2ccc(OC(=O)C3CCC(C(C)=O)CC3)c3c2C(=O)N(c2nc4ccc([N+](=O)[O-])cc4s2)C3=O)CC1. The zero-order chi connectivity index (χ0) is 106. The van der Waals surface area contributed by atoms with Crippen LogP contribution in [0.4, 0.5) is 10.8 Å². The van der Waals surface area contributed by atoms with E-state index in [-0.39, 0.29) is 92.6 Å². The number of unbranched alkanes of at least 4 members (excludes halogenated alkanes) is 11. The number of ether oxygens (including phenoxy) is 16. The van der Waals surface area contributed by atoms with E-state index in [1.165, 1.54) is 101 Å². The molecule has 0 N–H and O–H groups in total. The maximum absolute atomic E-state index is 14.0. The summed E-state index contributed by atoms with van der Waals surface area (Å²) >= 11 is 0.892. The van der Waals surface area contributed by atoms with Gasteiger partial charge in [0.25, 0.3) is 17.5 Å². The van der Waals surface area contributed by atoms with Crippen LogP contribution >= 0.6 is 11.3 Å². The Kier molecular flexibility index (Phi) is 57.9. The number of methoxy groups -OCH3 is 5. The largest absolute Gasteiger partial charge is 0.497 e. The number of Topliss-reactive ketones (excluding diaryl/α,β-unsaturated/α-hetero) is 2. The number of carbonyl (C=O) groups excluding carboxylic acids is 13. The van der Waals surface area contributed by atoms with Crippen LogP contribution in [0.5, 0.6) is 40.2 Å². The number of benzene rings is 5. The first-order valence-corrected chi connectivity index (χ1v) is 50.9. The summed E-state index contributed by atoms with van der Waals surface area (Å²) in [5.74, 6) is -1.79. The quantitative estimate of drug-likeness (QED) is 0.00500. The van der Waals surface area contributed by atoms with Gasteiger partial charge in [0, 0.05) is 68.6 Å². The number of aromatic nitrogens is 1. The van der Waals surface area contributed by atoms with Crippen molar-refractivity contribution >= 4 is 109 Å². The summed E-state index contributed by atoms with van der Waals surface area (Å²) in [7, 11) is 8.38. The van der Waals surface area contributed by atoms with Gasteiger partial charge in [0.2, 0.25) is 5.13 Å². The number of anilines is 1. The minimum atomic E-state index is -0.860. The number of hydrogen-bond acceptors (Lipinski definition) is 33. The van der Waals surface area contributed by atoms with E-state index in [9.17, 15) is 72.4 Å². The molecule has 0 radical (unpaired) electrons. The van der Waals surface area contributed by atoms with Gasteiger partial charge in [-0.3, -0.25) is 43.7 Å². The van der Waals surface area contributed by atoms with Crippen molar-refractivity contribution in [2.75, 3.05) is 99.9 Å². The highest BCUT2D eigenvalue weighted by atomic mass is 32.1. The van der Waals surface area contributed by atoms with Crippen LogP contribution in [-0.4, -0.2) is 194 Å². The summed E-state index contributed by atoms with van der Waals surface area (Å²) in [6, 6.07) is 28.3. The molecule has 146 heavy (non-hydrogen) atoms. The van der Waals surface area contributed by atoms with E-state index in [4.69, 9.17) is 75.8 Å². The second kappa shape index (κ2) is 69.7. The van der Waals surface area contributed by atoms with Crippen molar-refractivity contribution in [1.82, 2.24) is 4.98 Å². The van der Waals surface area contributed by atoms with E-state index in [1.807, 2.05) is 55.6 Å². The van der Waals surface area contributed by atoms with Crippen LogP contribution in [0.1, 0.15) is 257 Å². The lowest BCUT2D eigenvalue weighted by molar-refractivity contribution is -0.384. The van der Waals surface area contributed by atoms with Crippen molar-refractivity contribution in [3.8, 4) is 40.2 Å². The molecule has 11 rings (SSSR count). The number of non-ortho nitro benzene ring substituents is 1. The number of thiazole rings is 1. The second-order valence-electron chi connectivity index (χ2n) is 35.3. The van der Waals surface area contributed by atoms with Gasteiger partial charge in [0.05, 0.1) is 143 Å². The Hall–Kier alpha value is -13.3. The number of imide groups is 1. The van der Waals surface area contributed by atoms with Gasteiger partial charge in [-0.1, -0.05) is 69.9 Å². The first kappa shape index (κ1) is 121. The van der Waals surface area contributed by atoms with Gasteiger partial charge in [-0.2, -0.15) is 0 Å². The van der Waals surface area contributed by atoms with Crippen molar-refractivity contribution in [2.24, 2.45) is 35.5 Å². The van der Waals surface area contributed by atoms with Gasteiger partial charge in [-0.05, 0) is 297 Å². The summed E-state index contributed by atoms with van der Waals surface area (Å²) in [4.78, 5) is 171. The molecule has 4 aliphatic carbocycles. The Balaban J connectivity index is 0.000000283.